The standard InChI is InChI=1S/C7H14O8.Na.H2O/c8-1-2(9)3(10)4(11)5(12)6(13)7(14)15;;/h2-6,8-13H,1H2,(H,14,15);;1H2/q;+1;/p-1/t2-,3-,4+,5-,6-;;/m1../s1. The molecular weight excluding hydrogens is 251 g/mol. The molecule has 5 atom stereocenters. The van der Waals surface area contributed by atoms with Crippen molar-refractivity contribution in [3.63, 3.8) is 0 Å². The third-order valence-corrected chi connectivity index (χ3v) is 1.85. The van der Waals surface area contributed by atoms with Gasteiger partial charge in [0, 0.05) is 0 Å². The SMILES string of the molecule is O.O=C([O-])[C@H](O)[C@H](O)[C@@H](O)[C@H](O)[C@H](O)CO.[Na+]. The van der Waals surface area contributed by atoms with E-state index in [1.807, 2.05) is 0 Å². The normalized spacial score (nSPS) is 18.9. The van der Waals surface area contributed by atoms with Crippen LogP contribution in [0.3, 0.4) is 0 Å². The van der Waals surface area contributed by atoms with Crippen molar-refractivity contribution in [2.45, 2.75) is 30.5 Å². The summed E-state index contributed by atoms with van der Waals surface area (Å²) in [6.45, 7) is -0.896. The Hall–Kier alpha value is 0.190. The van der Waals surface area contributed by atoms with Crippen molar-refractivity contribution >= 4 is 5.97 Å². The molecule has 98 valence electrons. The zero-order valence-corrected chi connectivity index (χ0v) is 11.1. The number of carbonyl (C=O) groups excluding carboxylic acids is 1. The molecule has 0 rings (SSSR count). The summed E-state index contributed by atoms with van der Waals surface area (Å²) in [4.78, 5) is 10.1. The van der Waals surface area contributed by atoms with E-state index < -0.39 is 43.1 Å². The summed E-state index contributed by atoms with van der Waals surface area (Å²) < 4.78 is 0. The van der Waals surface area contributed by atoms with E-state index in [0.29, 0.717) is 0 Å². The molecule has 0 saturated carbocycles. The van der Waals surface area contributed by atoms with E-state index in [4.69, 9.17) is 30.6 Å². The van der Waals surface area contributed by atoms with Gasteiger partial charge in [0.1, 0.15) is 30.5 Å². The van der Waals surface area contributed by atoms with E-state index in [1.165, 1.54) is 0 Å². The maximum Gasteiger partial charge on any atom is 1.00 e. The summed E-state index contributed by atoms with van der Waals surface area (Å²) in [6, 6.07) is 0. The van der Waals surface area contributed by atoms with Gasteiger partial charge in [-0.15, -0.1) is 0 Å². The van der Waals surface area contributed by atoms with Crippen LogP contribution in [-0.4, -0.2) is 79.2 Å². The number of hydrogen-bond acceptors (Lipinski definition) is 8. The second-order valence-corrected chi connectivity index (χ2v) is 2.99. The van der Waals surface area contributed by atoms with Gasteiger partial charge in [0.15, 0.2) is 0 Å². The van der Waals surface area contributed by atoms with Crippen LogP contribution in [0.5, 0.6) is 0 Å². The minimum absolute atomic E-state index is 0. The summed E-state index contributed by atoms with van der Waals surface area (Å²) in [7, 11) is 0. The van der Waals surface area contributed by atoms with Crippen LogP contribution >= 0.6 is 0 Å². The molecule has 0 unspecified atom stereocenters. The van der Waals surface area contributed by atoms with E-state index >= 15 is 0 Å². The first-order valence-corrected chi connectivity index (χ1v) is 4.05. The van der Waals surface area contributed by atoms with E-state index in [0.717, 1.165) is 0 Å². The Morgan fingerprint density at radius 3 is 1.71 bits per heavy atom. The van der Waals surface area contributed by atoms with Crippen molar-refractivity contribution < 1.29 is 75.6 Å². The second-order valence-electron chi connectivity index (χ2n) is 2.99. The third-order valence-electron chi connectivity index (χ3n) is 1.85. The average Bonchev–Trinajstić information content (AvgIpc) is 2.23. The number of aliphatic hydroxyl groups is 6. The van der Waals surface area contributed by atoms with Crippen LogP contribution in [0.1, 0.15) is 0 Å². The Morgan fingerprint density at radius 1 is 1.00 bits per heavy atom. The maximum atomic E-state index is 10.1. The van der Waals surface area contributed by atoms with Crippen LogP contribution in [0.25, 0.3) is 0 Å². The van der Waals surface area contributed by atoms with Crippen molar-refractivity contribution in [3.8, 4) is 0 Å². The van der Waals surface area contributed by atoms with Crippen LogP contribution in [0.15, 0.2) is 0 Å². The summed E-state index contributed by atoms with van der Waals surface area (Å²) in [5, 5.41) is 63.2. The fraction of sp³-hybridized carbons (Fsp3) is 0.857. The predicted octanol–water partition coefficient (Wildman–Crippen LogP) is -9.29. The van der Waals surface area contributed by atoms with Gasteiger partial charge >= 0.3 is 29.6 Å². The third kappa shape index (κ3) is 6.62. The second kappa shape index (κ2) is 10.1. The number of hydrogen-bond donors (Lipinski definition) is 6. The molecule has 0 saturated heterocycles. The van der Waals surface area contributed by atoms with Crippen LogP contribution < -0.4 is 34.7 Å². The quantitative estimate of drug-likeness (QED) is 0.255. The average molecular weight is 266 g/mol. The molecule has 0 heterocycles. The van der Waals surface area contributed by atoms with E-state index in [2.05, 4.69) is 0 Å². The van der Waals surface area contributed by atoms with Gasteiger partial charge in [-0.1, -0.05) is 0 Å². The van der Waals surface area contributed by atoms with Crippen LogP contribution in [0, 0.1) is 0 Å². The molecule has 0 spiro atoms. The molecule has 0 aliphatic rings. The Morgan fingerprint density at radius 2 is 1.41 bits per heavy atom. The van der Waals surface area contributed by atoms with Gasteiger partial charge < -0.3 is 46.0 Å². The van der Waals surface area contributed by atoms with Crippen LogP contribution in [-0.2, 0) is 4.79 Å². The molecule has 0 fully saturated rings. The van der Waals surface area contributed by atoms with Gasteiger partial charge in [-0.3, -0.25) is 0 Å². The number of aliphatic carboxylic acids is 1. The zero-order valence-electron chi connectivity index (χ0n) is 9.09. The first-order valence-electron chi connectivity index (χ1n) is 4.05. The first-order chi connectivity index (χ1) is 6.82. The molecule has 0 amide bonds. The van der Waals surface area contributed by atoms with E-state index in [1.54, 1.807) is 0 Å². The molecule has 0 bridgehead atoms. The van der Waals surface area contributed by atoms with Gasteiger partial charge in [0.05, 0.1) is 12.6 Å². The molecule has 0 aliphatic heterocycles. The predicted molar refractivity (Wildman–Crippen MR) is 45.7 cm³/mol. The van der Waals surface area contributed by atoms with Gasteiger partial charge in [-0.2, -0.15) is 0 Å². The van der Waals surface area contributed by atoms with Crippen molar-refractivity contribution in [1.29, 1.82) is 0 Å². The fourth-order valence-corrected chi connectivity index (χ4v) is 0.864. The number of carbonyl (C=O) groups is 1. The molecule has 9 nitrogen and oxygen atoms in total. The summed E-state index contributed by atoms with van der Waals surface area (Å²) >= 11 is 0. The molecular formula is C7H15NaO9. The Bertz CT molecular complexity index is 214. The van der Waals surface area contributed by atoms with Crippen molar-refractivity contribution in [3.05, 3.63) is 0 Å². The molecule has 8 N–H and O–H groups in total. The van der Waals surface area contributed by atoms with Gasteiger partial charge in [0.2, 0.25) is 0 Å². The first kappa shape index (κ1) is 22.4. The Labute approximate surface area is 119 Å². The van der Waals surface area contributed by atoms with Crippen molar-refractivity contribution in [1.82, 2.24) is 0 Å². The molecule has 0 radical (unpaired) electrons. The number of rotatable bonds is 6. The number of carboxylic acids is 1. The molecule has 10 heteroatoms. The summed E-state index contributed by atoms with van der Waals surface area (Å²) in [5.41, 5.74) is 0. The molecule has 0 aromatic heterocycles. The zero-order chi connectivity index (χ0) is 12.2. The van der Waals surface area contributed by atoms with Crippen LogP contribution in [0.4, 0.5) is 0 Å². The smallest absolute Gasteiger partial charge is 0.547 e. The number of carboxylic acid groups (broad SMARTS) is 1. The van der Waals surface area contributed by atoms with Crippen molar-refractivity contribution in [2.24, 2.45) is 0 Å². The van der Waals surface area contributed by atoms with Gasteiger partial charge in [-0.25, -0.2) is 0 Å². The Balaban J connectivity index is -0.000000980. The minimum Gasteiger partial charge on any atom is -0.547 e. The Kier molecular flexibility index (Phi) is 13.4. The monoisotopic (exact) mass is 266 g/mol. The fourth-order valence-electron chi connectivity index (χ4n) is 0.864. The summed E-state index contributed by atoms with van der Waals surface area (Å²) in [5.74, 6) is -2.03. The maximum absolute atomic E-state index is 10.1. The van der Waals surface area contributed by atoms with Gasteiger partial charge in [-0.05, 0) is 0 Å². The van der Waals surface area contributed by atoms with Crippen LogP contribution in [0.2, 0.25) is 0 Å². The molecule has 0 aromatic carbocycles. The van der Waals surface area contributed by atoms with Crippen molar-refractivity contribution in [2.75, 3.05) is 6.61 Å². The largest absolute Gasteiger partial charge is 1.00 e. The van der Waals surface area contributed by atoms with E-state index in [9.17, 15) is 9.90 Å². The topological polar surface area (TPSA) is 193 Å². The van der Waals surface area contributed by atoms with Gasteiger partial charge in [0.25, 0.3) is 0 Å². The summed E-state index contributed by atoms with van der Waals surface area (Å²) in [6.07, 6.45) is -10.5. The molecule has 17 heavy (non-hydrogen) atoms. The minimum atomic E-state index is -2.40. The van der Waals surface area contributed by atoms with E-state index in [-0.39, 0.29) is 35.0 Å². The molecule has 0 aromatic rings. The number of aliphatic hydroxyl groups excluding tert-OH is 6. The molecule has 0 aliphatic carbocycles.